The Hall–Kier alpha value is -3.82. The van der Waals surface area contributed by atoms with Gasteiger partial charge in [0.25, 0.3) is 0 Å². The lowest BCUT2D eigenvalue weighted by atomic mass is 10.2. The normalized spacial score (nSPS) is 10.3. The maximum Gasteiger partial charge on any atom is 0.361 e. The zero-order valence-electron chi connectivity index (χ0n) is 13.9. The second-order valence-corrected chi connectivity index (χ2v) is 5.24. The number of nitrogen functional groups attached to an aromatic ring is 2. The van der Waals surface area contributed by atoms with Crippen LogP contribution in [0.2, 0.25) is 0 Å². The standard InChI is InChI=1S/C16H16N8O2/c1-9-4-2-3-5-10(9)21-16-23-11(22-15(18)24-16)8-26-14(25)12-13(17)20-7-6-19-12/h2-7H,8H2,1H3,(H2,17,20)(H3,18,21,22,23,24). The number of para-hydroxylation sites is 1. The molecule has 0 fully saturated rings. The van der Waals surface area contributed by atoms with Gasteiger partial charge in [0, 0.05) is 18.1 Å². The van der Waals surface area contributed by atoms with Gasteiger partial charge >= 0.3 is 5.97 Å². The van der Waals surface area contributed by atoms with E-state index in [1.165, 1.54) is 12.4 Å². The zero-order chi connectivity index (χ0) is 18.5. The molecule has 3 aromatic rings. The van der Waals surface area contributed by atoms with Crippen LogP contribution in [0.1, 0.15) is 21.9 Å². The Morgan fingerprint density at radius 1 is 1.12 bits per heavy atom. The van der Waals surface area contributed by atoms with Gasteiger partial charge in [-0.25, -0.2) is 14.8 Å². The summed E-state index contributed by atoms with van der Waals surface area (Å²) in [6, 6.07) is 7.63. The van der Waals surface area contributed by atoms with Crippen LogP contribution in [-0.2, 0) is 11.3 Å². The van der Waals surface area contributed by atoms with Crippen molar-refractivity contribution in [2.75, 3.05) is 16.8 Å². The predicted octanol–water partition coefficient (Wildman–Crippen LogP) is 1.24. The van der Waals surface area contributed by atoms with Crippen molar-refractivity contribution in [2.45, 2.75) is 13.5 Å². The van der Waals surface area contributed by atoms with E-state index >= 15 is 0 Å². The molecule has 2 aromatic heterocycles. The summed E-state index contributed by atoms with van der Waals surface area (Å²) in [6.07, 6.45) is 2.72. The van der Waals surface area contributed by atoms with E-state index in [1.54, 1.807) is 0 Å². The number of ether oxygens (including phenoxy) is 1. The van der Waals surface area contributed by atoms with Crippen molar-refractivity contribution in [3.63, 3.8) is 0 Å². The van der Waals surface area contributed by atoms with Crippen LogP contribution in [0, 0.1) is 6.92 Å². The summed E-state index contributed by atoms with van der Waals surface area (Å²) in [5, 5.41) is 3.06. The van der Waals surface area contributed by atoms with Crippen molar-refractivity contribution in [1.82, 2.24) is 24.9 Å². The first-order valence-corrected chi connectivity index (χ1v) is 7.59. The first-order chi connectivity index (χ1) is 12.5. The lowest BCUT2D eigenvalue weighted by Crippen LogP contribution is -2.14. The van der Waals surface area contributed by atoms with E-state index in [1.807, 2.05) is 31.2 Å². The van der Waals surface area contributed by atoms with Gasteiger partial charge in [0.1, 0.15) is 0 Å². The highest BCUT2D eigenvalue weighted by molar-refractivity contribution is 5.91. The molecule has 10 heteroatoms. The summed E-state index contributed by atoms with van der Waals surface area (Å²) >= 11 is 0. The molecule has 0 atom stereocenters. The maximum atomic E-state index is 12.0. The van der Waals surface area contributed by atoms with E-state index in [2.05, 4.69) is 30.2 Å². The molecule has 0 aliphatic heterocycles. The molecule has 26 heavy (non-hydrogen) atoms. The highest BCUT2D eigenvalue weighted by atomic mass is 16.5. The molecule has 0 radical (unpaired) electrons. The third kappa shape index (κ3) is 3.98. The minimum absolute atomic E-state index is 0.00106. The van der Waals surface area contributed by atoms with Crippen molar-refractivity contribution in [3.8, 4) is 0 Å². The number of anilines is 4. The lowest BCUT2D eigenvalue weighted by Gasteiger charge is -2.09. The SMILES string of the molecule is Cc1ccccc1Nc1nc(N)nc(COC(=O)c2nccnc2N)n1. The van der Waals surface area contributed by atoms with Gasteiger partial charge in [-0.05, 0) is 18.6 Å². The number of rotatable bonds is 5. The first-order valence-electron chi connectivity index (χ1n) is 7.59. The van der Waals surface area contributed by atoms with Gasteiger partial charge in [-0.15, -0.1) is 0 Å². The number of benzene rings is 1. The quantitative estimate of drug-likeness (QED) is 0.571. The third-order valence-electron chi connectivity index (χ3n) is 3.34. The fraction of sp³-hybridized carbons (Fsp3) is 0.125. The number of carbonyl (C=O) groups is 1. The molecule has 0 bridgehead atoms. The lowest BCUT2D eigenvalue weighted by molar-refractivity contribution is 0.0456. The summed E-state index contributed by atoms with van der Waals surface area (Å²) in [5.41, 5.74) is 13.1. The third-order valence-corrected chi connectivity index (χ3v) is 3.34. The molecule has 2 heterocycles. The summed E-state index contributed by atoms with van der Waals surface area (Å²) in [7, 11) is 0. The minimum atomic E-state index is -0.733. The monoisotopic (exact) mass is 352 g/mol. The molecular weight excluding hydrogens is 336 g/mol. The van der Waals surface area contributed by atoms with E-state index in [9.17, 15) is 4.79 Å². The molecule has 0 aliphatic rings. The minimum Gasteiger partial charge on any atom is -0.453 e. The number of aromatic nitrogens is 5. The van der Waals surface area contributed by atoms with Gasteiger partial charge in [0.05, 0.1) is 0 Å². The van der Waals surface area contributed by atoms with Crippen LogP contribution in [0.5, 0.6) is 0 Å². The Morgan fingerprint density at radius 2 is 1.88 bits per heavy atom. The molecule has 0 saturated carbocycles. The molecule has 1 aromatic carbocycles. The Balaban J connectivity index is 1.73. The highest BCUT2D eigenvalue weighted by Crippen LogP contribution is 2.18. The number of aryl methyl sites for hydroxylation is 1. The summed E-state index contributed by atoms with van der Waals surface area (Å²) in [4.78, 5) is 31.8. The summed E-state index contributed by atoms with van der Waals surface area (Å²) in [6.45, 7) is 1.73. The summed E-state index contributed by atoms with van der Waals surface area (Å²) < 4.78 is 5.12. The molecule has 3 rings (SSSR count). The smallest absolute Gasteiger partial charge is 0.361 e. The van der Waals surface area contributed by atoms with Crippen molar-refractivity contribution in [2.24, 2.45) is 0 Å². The molecule has 0 spiro atoms. The molecular formula is C16H16N8O2. The molecule has 5 N–H and O–H groups in total. The van der Waals surface area contributed by atoms with Crippen LogP contribution in [0.4, 0.5) is 23.4 Å². The molecule has 0 amide bonds. The number of carbonyl (C=O) groups excluding carboxylic acids is 1. The van der Waals surface area contributed by atoms with Crippen molar-refractivity contribution in [3.05, 3.63) is 53.7 Å². The number of hydrogen-bond donors (Lipinski definition) is 3. The number of hydrogen-bond acceptors (Lipinski definition) is 10. The second kappa shape index (κ2) is 7.38. The molecule has 0 unspecified atom stereocenters. The van der Waals surface area contributed by atoms with Gasteiger partial charge in [-0.3, -0.25) is 0 Å². The largest absolute Gasteiger partial charge is 0.453 e. The molecule has 132 valence electrons. The van der Waals surface area contributed by atoms with Gasteiger partial charge in [-0.1, -0.05) is 18.2 Å². The van der Waals surface area contributed by atoms with Gasteiger partial charge in [-0.2, -0.15) is 15.0 Å². The topological polar surface area (TPSA) is 155 Å². The van der Waals surface area contributed by atoms with Crippen LogP contribution in [0.15, 0.2) is 36.7 Å². The second-order valence-electron chi connectivity index (χ2n) is 5.24. The van der Waals surface area contributed by atoms with Crippen molar-refractivity contribution in [1.29, 1.82) is 0 Å². The highest BCUT2D eigenvalue weighted by Gasteiger charge is 2.15. The number of nitrogens with two attached hydrogens (primary N) is 2. The van der Waals surface area contributed by atoms with E-state index in [0.29, 0.717) is 0 Å². The maximum absolute atomic E-state index is 12.0. The van der Waals surface area contributed by atoms with Crippen LogP contribution in [0.3, 0.4) is 0 Å². The van der Waals surface area contributed by atoms with Crippen LogP contribution in [0.25, 0.3) is 0 Å². The summed E-state index contributed by atoms with van der Waals surface area (Å²) in [5.74, 6) is -0.319. The number of esters is 1. The number of nitrogens with one attached hydrogen (secondary N) is 1. The predicted molar refractivity (Wildman–Crippen MR) is 94.3 cm³/mol. The molecule has 0 saturated heterocycles. The Labute approximate surface area is 148 Å². The van der Waals surface area contributed by atoms with E-state index < -0.39 is 5.97 Å². The van der Waals surface area contributed by atoms with Crippen molar-refractivity contribution < 1.29 is 9.53 Å². The van der Waals surface area contributed by atoms with Gasteiger partial charge < -0.3 is 21.5 Å². The van der Waals surface area contributed by atoms with Crippen LogP contribution >= 0.6 is 0 Å². The Morgan fingerprint density at radius 3 is 2.65 bits per heavy atom. The van der Waals surface area contributed by atoms with E-state index in [4.69, 9.17) is 16.2 Å². The van der Waals surface area contributed by atoms with Crippen LogP contribution in [-0.4, -0.2) is 30.9 Å². The van der Waals surface area contributed by atoms with Gasteiger partial charge in [0.2, 0.25) is 11.9 Å². The van der Waals surface area contributed by atoms with Crippen molar-refractivity contribution >= 4 is 29.4 Å². The Bertz CT molecular complexity index is 947. The van der Waals surface area contributed by atoms with E-state index in [0.717, 1.165) is 11.3 Å². The fourth-order valence-corrected chi connectivity index (χ4v) is 2.10. The average molecular weight is 352 g/mol. The van der Waals surface area contributed by atoms with E-state index in [-0.39, 0.29) is 35.8 Å². The zero-order valence-corrected chi connectivity index (χ0v) is 13.9. The van der Waals surface area contributed by atoms with Gasteiger partial charge in [0.15, 0.2) is 23.9 Å². The molecule has 10 nitrogen and oxygen atoms in total. The Kier molecular flexibility index (Phi) is 4.83. The molecule has 0 aliphatic carbocycles. The fourth-order valence-electron chi connectivity index (χ4n) is 2.10. The average Bonchev–Trinajstić information content (AvgIpc) is 2.62. The number of nitrogens with zero attached hydrogens (tertiary/aromatic N) is 5. The van der Waals surface area contributed by atoms with Crippen LogP contribution < -0.4 is 16.8 Å². The first kappa shape index (κ1) is 17.0.